The molecule has 0 saturated heterocycles. The Kier molecular flexibility index (Phi) is 9.21. The highest BCUT2D eigenvalue weighted by Crippen LogP contribution is 2.19. The van der Waals surface area contributed by atoms with Crippen LogP contribution in [0.4, 0.5) is 0 Å². The first-order chi connectivity index (χ1) is 13.5. The number of nitrogens with one attached hydrogen (secondary N) is 1. The van der Waals surface area contributed by atoms with Gasteiger partial charge < -0.3 is 15.5 Å². The lowest BCUT2D eigenvalue weighted by Gasteiger charge is -2.13. The predicted octanol–water partition coefficient (Wildman–Crippen LogP) is 4.88. The lowest BCUT2D eigenvalue weighted by Crippen LogP contribution is -2.36. The van der Waals surface area contributed by atoms with E-state index in [2.05, 4.69) is 11.9 Å². The van der Waals surface area contributed by atoms with Crippen LogP contribution in [0.1, 0.15) is 70.8 Å². The van der Waals surface area contributed by atoms with Crippen molar-refractivity contribution < 1.29 is 14.3 Å². The van der Waals surface area contributed by atoms with Crippen LogP contribution in [0, 0.1) is 5.92 Å². The van der Waals surface area contributed by atoms with Crippen LogP contribution < -0.4 is 5.73 Å². The maximum absolute atomic E-state index is 12.2. The van der Waals surface area contributed by atoms with Crippen molar-refractivity contribution in [2.75, 3.05) is 0 Å². The standard InChI is InChI=1S/C23H34N2O3/c1-3-4-5-6-7-8-9-12-17(2)22(26)28-23(27)20(24)15-18-16-25-21-14-11-10-13-19(18)21/h10-11,13-14,16-17,20,25H,3-9,12,15,24H2,1-2H3. The number of nitrogens with two attached hydrogens (primary N) is 1. The monoisotopic (exact) mass is 386 g/mol. The largest absolute Gasteiger partial charge is 0.392 e. The molecule has 1 heterocycles. The maximum Gasteiger partial charge on any atom is 0.330 e. The third-order valence-corrected chi connectivity index (χ3v) is 5.26. The highest BCUT2D eigenvalue weighted by molar-refractivity contribution is 5.90. The number of aromatic nitrogens is 1. The summed E-state index contributed by atoms with van der Waals surface area (Å²) in [4.78, 5) is 27.6. The van der Waals surface area contributed by atoms with Gasteiger partial charge in [0, 0.05) is 23.5 Å². The molecule has 2 unspecified atom stereocenters. The van der Waals surface area contributed by atoms with Crippen LogP contribution in [-0.4, -0.2) is 23.0 Å². The topological polar surface area (TPSA) is 85.2 Å². The predicted molar refractivity (Wildman–Crippen MR) is 113 cm³/mol. The van der Waals surface area contributed by atoms with E-state index in [0.29, 0.717) is 6.42 Å². The molecule has 0 bridgehead atoms. The number of carbonyl (C=O) groups excluding carboxylic acids is 2. The van der Waals surface area contributed by atoms with E-state index in [1.807, 2.05) is 37.4 Å². The number of rotatable bonds is 12. The van der Waals surface area contributed by atoms with Crippen LogP contribution >= 0.6 is 0 Å². The molecule has 154 valence electrons. The Bertz CT molecular complexity index is 753. The summed E-state index contributed by atoms with van der Waals surface area (Å²) in [5, 5.41) is 1.03. The Balaban J connectivity index is 1.71. The third-order valence-electron chi connectivity index (χ3n) is 5.26. The molecule has 5 heteroatoms. The molecule has 0 radical (unpaired) electrons. The fourth-order valence-corrected chi connectivity index (χ4v) is 3.42. The molecule has 5 nitrogen and oxygen atoms in total. The van der Waals surface area contributed by atoms with E-state index in [-0.39, 0.29) is 5.92 Å². The number of benzene rings is 1. The second kappa shape index (κ2) is 11.6. The number of fused-ring (bicyclic) bond motifs is 1. The minimum Gasteiger partial charge on any atom is -0.392 e. The van der Waals surface area contributed by atoms with Crippen molar-refractivity contribution in [2.45, 2.75) is 77.7 Å². The summed E-state index contributed by atoms with van der Waals surface area (Å²) in [7, 11) is 0. The molecule has 28 heavy (non-hydrogen) atoms. The molecule has 2 rings (SSSR count). The fraction of sp³-hybridized carbons (Fsp3) is 0.565. The van der Waals surface area contributed by atoms with Crippen LogP contribution in [0.2, 0.25) is 0 Å². The fourth-order valence-electron chi connectivity index (χ4n) is 3.42. The quantitative estimate of drug-likeness (QED) is 0.309. The van der Waals surface area contributed by atoms with Crippen LogP contribution in [-0.2, 0) is 20.7 Å². The van der Waals surface area contributed by atoms with Crippen LogP contribution in [0.15, 0.2) is 30.5 Å². The summed E-state index contributed by atoms with van der Waals surface area (Å²) in [5.41, 5.74) is 7.93. The summed E-state index contributed by atoms with van der Waals surface area (Å²) >= 11 is 0. The molecular weight excluding hydrogens is 352 g/mol. The molecule has 0 fully saturated rings. The Morgan fingerprint density at radius 3 is 2.46 bits per heavy atom. The van der Waals surface area contributed by atoms with E-state index in [1.54, 1.807) is 0 Å². The molecule has 0 aliphatic heterocycles. The zero-order chi connectivity index (χ0) is 20.4. The number of carbonyl (C=O) groups is 2. The Morgan fingerprint density at radius 2 is 1.71 bits per heavy atom. The summed E-state index contributed by atoms with van der Waals surface area (Å²) in [6.07, 6.45) is 11.3. The number of ether oxygens (including phenoxy) is 1. The summed E-state index contributed by atoms with van der Waals surface area (Å²) < 4.78 is 5.03. The number of hydrogen-bond donors (Lipinski definition) is 2. The smallest absolute Gasteiger partial charge is 0.330 e. The highest BCUT2D eigenvalue weighted by Gasteiger charge is 2.23. The van der Waals surface area contributed by atoms with Crippen LogP contribution in [0.25, 0.3) is 10.9 Å². The molecule has 3 N–H and O–H groups in total. The minimum atomic E-state index is -0.853. The van der Waals surface area contributed by atoms with Gasteiger partial charge in [0.05, 0.1) is 5.92 Å². The van der Waals surface area contributed by atoms with Gasteiger partial charge in [-0.3, -0.25) is 4.79 Å². The zero-order valence-electron chi connectivity index (χ0n) is 17.2. The summed E-state index contributed by atoms with van der Waals surface area (Å²) in [5.74, 6) is -1.40. The van der Waals surface area contributed by atoms with Crippen molar-refractivity contribution in [3.8, 4) is 0 Å². The van der Waals surface area contributed by atoms with E-state index in [1.165, 1.54) is 32.1 Å². The average Bonchev–Trinajstić information content (AvgIpc) is 3.10. The van der Waals surface area contributed by atoms with Crippen molar-refractivity contribution >= 4 is 22.8 Å². The second-order valence-electron chi connectivity index (χ2n) is 7.72. The molecule has 0 saturated carbocycles. The van der Waals surface area contributed by atoms with E-state index in [0.717, 1.165) is 35.7 Å². The van der Waals surface area contributed by atoms with E-state index >= 15 is 0 Å². The number of esters is 2. The van der Waals surface area contributed by atoms with Crippen molar-refractivity contribution in [1.82, 2.24) is 4.98 Å². The minimum absolute atomic E-state index is 0.278. The average molecular weight is 387 g/mol. The van der Waals surface area contributed by atoms with Crippen molar-refractivity contribution in [3.63, 3.8) is 0 Å². The SMILES string of the molecule is CCCCCCCCCC(C)C(=O)OC(=O)C(N)Cc1c[nH]c2ccccc12. The van der Waals surface area contributed by atoms with Gasteiger partial charge in [-0.2, -0.15) is 0 Å². The first kappa shape index (κ1) is 22.2. The van der Waals surface area contributed by atoms with Crippen LogP contribution in [0.5, 0.6) is 0 Å². The van der Waals surface area contributed by atoms with Gasteiger partial charge in [0.2, 0.25) is 0 Å². The molecule has 0 aliphatic carbocycles. The van der Waals surface area contributed by atoms with Gasteiger partial charge in [-0.15, -0.1) is 0 Å². The molecule has 1 aromatic heterocycles. The number of para-hydroxylation sites is 1. The van der Waals surface area contributed by atoms with Crippen molar-refractivity contribution in [2.24, 2.45) is 11.7 Å². The third kappa shape index (κ3) is 6.79. The molecule has 2 aromatic rings. The molecule has 0 amide bonds. The van der Waals surface area contributed by atoms with E-state index in [9.17, 15) is 9.59 Å². The summed E-state index contributed by atoms with van der Waals surface area (Å²) in [6.45, 7) is 4.03. The van der Waals surface area contributed by atoms with Gasteiger partial charge in [-0.05, 0) is 18.1 Å². The number of hydrogen-bond acceptors (Lipinski definition) is 4. The number of H-pyrrole nitrogens is 1. The van der Waals surface area contributed by atoms with E-state index < -0.39 is 18.0 Å². The summed E-state index contributed by atoms with van der Waals surface area (Å²) in [6, 6.07) is 6.99. The van der Waals surface area contributed by atoms with Gasteiger partial charge in [0.15, 0.2) is 0 Å². The van der Waals surface area contributed by atoms with Gasteiger partial charge in [0.1, 0.15) is 6.04 Å². The van der Waals surface area contributed by atoms with Gasteiger partial charge >= 0.3 is 11.9 Å². The Labute approximate surface area is 168 Å². The van der Waals surface area contributed by atoms with Gasteiger partial charge in [0.25, 0.3) is 0 Å². The number of aromatic amines is 1. The Morgan fingerprint density at radius 1 is 1.04 bits per heavy atom. The van der Waals surface area contributed by atoms with Crippen molar-refractivity contribution in [1.29, 1.82) is 0 Å². The molecule has 0 aliphatic rings. The highest BCUT2D eigenvalue weighted by atomic mass is 16.6. The lowest BCUT2D eigenvalue weighted by atomic mass is 10.0. The lowest BCUT2D eigenvalue weighted by molar-refractivity contribution is -0.163. The molecule has 2 atom stereocenters. The normalized spacial score (nSPS) is 13.4. The second-order valence-corrected chi connectivity index (χ2v) is 7.72. The number of unbranched alkanes of at least 4 members (excludes halogenated alkanes) is 6. The van der Waals surface area contributed by atoms with Gasteiger partial charge in [-0.25, -0.2) is 4.79 Å². The first-order valence-electron chi connectivity index (χ1n) is 10.6. The molecular formula is C23H34N2O3. The first-order valence-corrected chi connectivity index (χ1v) is 10.6. The zero-order valence-corrected chi connectivity index (χ0v) is 17.2. The molecule has 1 aromatic carbocycles. The molecule has 0 spiro atoms. The maximum atomic E-state index is 12.2. The van der Waals surface area contributed by atoms with Gasteiger partial charge in [-0.1, -0.05) is 77.0 Å². The van der Waals surface area contributed by atoms with Crippen molar-refractivity contribution in [3.05, 3.63) is 36.0 Å². The van der Waals surface area contributed by atoms with E-state index in [4.69, 9.17) is 10.5 Å². The van der Waals surface area contributed by atoms with Crippen LogP contribution in [0.3, 0.4) is 0 Å². The Hall–Kier alpha value is -2.14.